The van der Waals surface area contributed by atoms with E-state index in [0.717, 1.165) is 32.6 Å². The van der Waals surface area contributed by atoms with E-state index in [4.69, 9.17) is 0 Å². The zero-order chi connectivity index (χ0) is 20.3. The number of pyridine rings is 1. The van der Waals surface area contributed by atoms with Gasteiger partial charge in [-0.1, -0.05) is 0 Å². The lowest BCUT2D eigenvalue weighted by atomic mass is 10.1. The normalized spacial score (nSPS) is 15.4. The molecule has 0 saturated carbocycles. The summed E-state index contributed by atoms with van der Waals surface area (Å²) in [6.07, 6.45) is 2.58. The third-order valence-electron chi connectivity index (χ3n) is 4.95. The molecule has 0 amide bonds. The van der Waals surface area contributed by atoms with E-state index in [1.807, 2.05) is 39.0 Å². The molecule has 0 unspecified atom stereocenters. The van der Waals surface area contributed by atoms with Gasteiger partial charge in [0.15, 0.2) is 0 Å². The topological polar surface area (TPSA) is 65.5 Å². The van der Waals surface area contributed by atoms with Gasteiger partial charge < -0.3 is 5.32 Å². The van der Waals surface area contributed by atoms with Gasteiger partial charge in [0.2, 0.25) is 10.0 Å². The van der Waals surface area contributed by atoms with Crippen molar-refractivity contribution >= 4 is 27.2 Å². The second-order valence-electron chi connectivity index (χ2n) is 7.72. The van der Waals surface area contributed by atoms with Crippen LogP contribution >= 0.6 is 11.3 Å². The summed E-state index contributed by atoms with van der Waals surface area (Å²) in [4.78, 5) is 8.51. The summed E-state index contributed by atoms with van der Waals surface area (Å²) in [5, 5.41) is 5.48. The Morgan fingerprint density at radius 3 is 2.61 bits per heavy atom. The van der Waals surface area contributed by atoms with Crippen LogP contribution in [0.15, 0.2) is 34.7 Å². The Morgan fingerprint density at radius 2 is 1.96 bits per heavy atom. The number of sulfonamides is 1. The largest absolute Gasteiger partial charge is 0.369 e. The number of nitrogens with zero attached hydrogens (tertiary/aromatic N) is 3. The first-order valence-corrected chi connectivity index (χ1v) is 12.1. The Bertz CT molecular complexity index is 868. The molecule has 3 rings (SSSR count). The lowest BCUT2D eigenvalue weighted by molar-refractivity contribution is 0.266. The van der Waals surface area contributed by atoms with Gasteiger partial charge in [0.05, 0.1) is 0 Å². The van der Waals surface area contributed by atoms with E-state index >= 15 is 0 Å². The molecule has 0 fully saturated rings. The third kappa shape index (κ3) is 4.74. The monoisotopic (exact) mass is 422 g/mol. The van der Waals surface area contributed by atoms with Crippen LogP contribution in [0.3, 0.4) is 0 Å². The molecule has 0 aliphatic carbocycles. The average Bonchev–Trinajstić information content (AvgIpc) is 3.09. The van der Waals surface area contributed by atoms with Gasteiger partial charge in [-0.3, -0.25) is 4.90 Å². The first kappa shape index (κ1) is 21.2. The number of hydrogen-bond acceptors (Lipinski definition) is 6. The maximum absolute atomic E-state index is 12.9. The fourth-order valence-electron chi connectivity index (χ4n) is 3.75. The lowest BCUT2D eigenvalue weighted by Gasteiger charge is -2.29. The van der Waals surface area contributed by atoms with E-state index in [0.29, 0.717) is 5.82 Å². The zero-order valence-electron chi connectivity index (χ0n) is 17.1. The van der Waals surface area contributed by atoms with Crippen molar-refractivity contribution in [1.29, 1.82) is 0 Å². The van der Waals surface area contributed by atoms with Gasteiger partial charge in [0, 0.05) is 49.3 Å². The number of hydrogen-bond donors (Lipinski definition) is 1. The summed E-state index contributed by atoms with van der Waals surface area (Å²) in [5.41, 5.74) is 1.45. The molecule has 8 heteroatoms. The van der Waals surface area contributed by atoms with E-state index in [-0.39, 0.29) is 17.0 Å². The van der Waals surface area contributed by atoms with Crippen LogP contribution in [0.4, 0.5) is 5.82 Å². The van der Waals surface area contributed by atoms with Gasteiger partial charge in [0.1, 0.15) is 10.7 Å². The molecule has 154 valence electrons. The van der Waals surface area contributed by atoms with Crippen molar-refractivity contribution in [3.05, 3.63) is 40.2 Å². The van der Waals surface area contributed by atoms with E-state index < -0.39 is 10.0 Å². The van der Waals surface area contributed by atoms with Crippen molar-refractivity contribution in [1.82, 2.24) is 14.2 Å². The number of anilines is 1. The second kappa shape index (κ2) is 8.90. The van der Waals surface area contributed by atoms with Crippen molar-refractivity contribution in [3.63, 3.8) is 0 Å². The number of aromatic nitrogens is 1. The summed E-state index contributed by atoms with van der Waals surface area (Å²) in [6.45, 7) is 11.4. The summed E-state index contributed by atoms with van der Waals surface area (Å²) in [6, 6.07) is 5.41. The van der Waals surface area contributed by atoms with Gasteiger partial charge in [-0.25, -0.2) is 13.4 Å². The van der Waals surface area contributed by atoms with E-state index in [2.05, 4.69) is 26.6 Å². The molecule has 1 aliphatic heterocycles. The molecule has 0 bridgehead atoms. The predicted molar refractivity (Wildman–Crippen MR) is 115 cm³/mol. The predicted octanol–water partition coefficient (Wildman–Crippen LogP) is 3.42. The molecular formula is C20H30N4O2S2. The maximum atomic E-state index is 12.9. The Balaban J connectivity index is 1.56. The zero-order valence-corrected chi connectivity index (χ0v) is 18.7. The molecule has 28 heavy (non-hydrogen) atoms. The van der Waals surface area contributed by atoms with Crippen molar-refractivity contribution in [3.8, 4) is 0 Å². The summed E-state index contributed by atoms with van der Waals surface area (Å²) < 4.78 is 27.3. The highest BCUT2D eigenvalue weighted by Crippen LogP contribution is 2.24. The smallest absolute Gasteiger partial charge is 0.245 e. The van der Waals surface area contributed by atoms with Gasteiger partial charge in [-0.2, -0.15) is 4.31 Å². The van der Waals surface area contributed by atoms with Gasteiger partial charge >= 0.3 is 0 Å². The van der Waals surface area contributed by atoms with Crippen LogP contribution in [0, 0.1) is 0 Å². The SMILES string of the molecule is CC(C)N(C(C)C)S(=O)(=O)c1ccc(NCCN2CCc3sccc3C2)nc1. The minimum Gasteiger partial charge on any atom is -0.369 e. The molecule has 2 aromatic rings. The van der Waals surface area contributed by atoms with Crippen molar-refractivity contribution in [2.45, 2.75) is 57.6 Å². The van der Waals surface area contributed by atoms with Gasteiger partial charge in [0.25, 0.3) is 0 Å². The molecule has 1 aliphatic rings. The van der Waals surface area contributed by atoms with Crippen LogP contribution in [-0.2, 0) is 23.0 Å². The van der Waals surface area contributed by atoms with Crippen LogP contribution in [0.25, 0.3) is 0 Å². The Labute approximate surface area is 172 Å². The summed E-state index contributed by atoms with van der Waals surface area (Å²) in [5.74, 6) is 0.702. The fourth-order valence-corrected chi connectivity index (χ4v) is 6.42. The van der Waals surface area contributed by atoms with Crippen molar-refractivity contribution in [2.24, 2.45) is 0 Å². The molecule has 0 saturated heterocycles. The Kier molecular flexibility index (Phi) is 6.75. The number of nitrogens with one attached hydrogen (secondary N) is 1. The fraction of sp³-hybridized carbons (Fsp3) is 0.550. The van der Waals surface area contributed by atoms with Crippen LogP contribution in [0.1, 0.15) is 38.1 Å². The van der Waals surface area contributed by atoms with Gasteiger partial charge in [-0.15, -0.1) is 11.3 Å². The summed E-state index contributed by atoms with van der Waals surface area (Å²) >= 11 is 1.85. The number of thiophene rings is 1. The molecule has 0 radical (unpaired) electrons. The van der Waals surface area contributed by atoms with E-state index in [9.17, 15) is 8.42 Å². The standard InChI is InChI=1S/C20H30N4O2S2/c1-15(2)24(16(3)4)28(25,26)18-5-6-20(22-13-18)21-9-11-23-10-7-19-17(14-23)8-12-27-19/h5-6,8,12-13,15-16H,7,9-11,14H2,1-4H3,(H,21,22). The van der Waals surface area contributed by atoms with E-state index in [1.165, 1.54) is 20.9 Å². The molecule has 6 nitrogen and oxygen atoms in total. The lowest BCUT2D eigenvalue weighted by Crippen LogP contribution is -2.41. The Hall–Kier alpha value is -1.48. The average molecular weight is 423 g/mol. The van der Waals surface area contributed by atoms with Gasteiger partial charge in [-0.05, 0) is 63.3 Å². The molecule has 0 aromatic carbocycles. The highest BCUT2D eigenvalue weighted by atomic mass is 32.2. The van der Waals surface area contributed by atoms with Crippen LogP contribution in [0.5, 0.6) is 0 Å². The highest BCUT2D eigenvalue weighted by molar-refractivity contribution is 7.89. The number of fused-ring (bicyclic) bond motifs is 1. The number of rotatable bonds is 8. The molecule has 2 aromatic heterocycles. The minimum absolute atomic E-state index is 0.101. The van der Waals surface area contributed by atoms with Crippen molar-refractivity contribution < 1.29 is 8.42 Å². The first-order chi connectivity index (χ1) is 13.3. The van der Waals surface area contributed by atoms with Crippen molar-refractivity contribution in [2.75, 3.05) is 25.0 Å². The minimum atomic E-state index is -3.54. The van der Waals surface area contributed by atoms with Crippen LogP contribution in [-0.4, -0.2) is 54.3 Å². The van der Waals surface area contributed by atoms with Crippen LogP contribution < -0.4 is 5.32 Å². The third-order valence-corrected chi connectivity index (χ3v) is 8.21. The molecule has 3 heterocycles. The molecule has 0 atom stereocenters. The molecule has 1 N–H and O–H groups in total. The van der Waals surface area contributed by atoms with E-state index in [1.54, 1.807) is 12.1 Å². The second-order valence-corrected chi connectivity index (χ2v) is 10.6. The molecule has 0 spiro atoms. The quantitative estimate of drug-likeness (QED) is 0.706. The highest BCUT2D eigenvalue weighted by Gasteiger charge is 2.29. The summed E-state index contributed by atoms with van der Waals surface area (Å²) in [7, 11) is -3.54. The Morgan fingerprint density at radius 1 is 1.21 bits per heavy atom. The van der Waals surface area contributed by atoms with Crippen LogP contribution in [0.2, 0.25) is 0 Å². The first-order valence-electron chi connectivity index (χ1n) is 9.80. The molecular weight excluding hydrogens is 392 g/mol. The maximum Gasteiger partial charge on any atom is 0.245 e.